The van der Waals surface area contributed by atoms with E-state index >= 15 is 0 Å². The number of rotatable bonds is 3. The Balaban J connectivity index is 1.93. The van der Waals surface area contributed by atoms with E-state index in [1.807, 2.05) is 0 Å². The Morgan fingerprint density at radius 2 is 0.929 bits per heavy atom. The number of hydrogen-bond donors (Lipinski definition) is 0. The molecule has 3 aromatic rings. The fourth-order valence-electron chi connectivity index (χ4n) is 3.20. The van der Waals surface area contributed by atoms with Gasteiger partial charge < -0.3 is 0 Å². The molecule has 0 radical (unpaired) electrons. The molecule has 0 aromatic heterocycles. The molecule has 1 heterocycles. The second-order valence-electron chi connectivity index (χ2n) is 6.26. The van der Waals surface area contributed by atoms with Gasteiger partial charge in [-0.15, -0.1) is 0 Å². The molecular formula is C22H15ClN2O3. The number of barbiturate groups is 1. The number of imide groups is 2. The van der Waals surface area contributed by atoms with Gasteiger partial charge in [0.2, 0.25) is 4.87 Å². The lowest BCUT2D eigenvalue weighted by Crippen LogP contribution is -2.66. The second kappa shape index (κ2) is 6.94. The van der Waals surface area contributed by atoms with Crippen LogP contribution in [0.4, 0.5) is 16.2 Å². The number of urea groups is 1. The summed E-state index contributed by atoms with van der Waals surface area (Å²) in [5, 5.41) is 0. The zero-order valence-electron chi connectivity index (χ0n) is 14.7. The summed E-state index contributed by atoms with van der Waals surface area (Å²) >= 11 is 6.72. The number of para-hydroxylation sites is 2. The van der Waals surface area contributed by atoms with E-state index < -0.39 is 22.7 Å². The van der Waals surface area contributed by atoms with Gasteiger partial charge in [0, 0.05) is 0 Å². The van der Waals surface area contributed by atoms with E-state index in [9.17, 15) is 14.4 Å². The van der Waals surface area contributed by atoms with Gasteiger partial charge in [0.25, 0.3) is 11.8 Å². The summed E-state index contributed by atoms with van der Waals surface area (Å²) in [4.78, 5) is 39.8. The van der Waals surface area contributed by atoms with E-state index in [0.717, 1.165) is 9.80 Å². The van der Waals surface area contributed by atoms with Crippen LogP contribution in [-0.4, -0.2) is 17.8 Å². The zero-order chi connectivity index (χ0) is 19.7. The van der Waals surface area contributed by atoms with Gasteiger partial charge in [0.1, 0.15) is 0 Å². The number of amides is 4. The van der Waals surface area contributed by atoms with Crippen molar-refractivity contribution in [1.82, 2.24) is 0 Å². The van der Waals surface area contributed by atoms with Crippen molar-refractivity contribution in [2.75, 3.05) is 9.80 Å². The highest BCUT2D eigenvalue weighted by Crippen LogP contribution is 2.40. The van der Waals surface area contributed by atoms with Crippen molar-refractivity contribution in [3.63, 3.8) is 0 Å². The lowest BCUT2D eigenvalue weighted by atomic mass is 9.92. The highest BCUT2D eigenvalue weighted by atomic mass is 35.5. The standard InChI is InChI=1S/C22H15ClN2O3/c23-22(16-10-4-1-5-11-16)19(26)24(17-12-6-2-7-13-17)21(28)25(20(22)27)18-14-8-3-9-15-18/h1-15H. The third-order valence-corrected chi connectivity index (χ3v) is 5.12. The van der Waals surface area contributed by atoms with Crippen LogP contribution in [0.15, 0.2) is 91.0 Å². The van der Waals surface area contributed by atoms with Crippen molar-refractivity contribution in [2.24, 2.45) is 0 Å². The lowest BCUT2D eigenvalue weighted by Gasteiger charge is -2.41. The fourth-order valence-corrected chi connectivity index (χ4v) is 3.49. The molecule has 0 atom stereocenters. The Bertz CT molecular complexity index is 978. The van der Waals surface area contributed by atoms with Gasteiger partial charge in [0.05, 0.1) is 11.4 Å². The van der Waals surface area contributed by atoms with Crippen LogP contribution in [-0.2, 0) is 14.5 Å². The average molecular weight is 391 g/mol. The highest BCUT2D eigenvalue weighted by Gasteiger charge is 2.58. The lowest BCUT2D eigenvalue weighted by molar-refractivity contribution is -0.131. The van der Waals surface area contributed by atoms with Crippen LogP contribution in [0.5, 0.6) is 0 Å². The molecule has 0 spiro atoms. The Morgan fingerprint density at radius 1 is 0.571 bits per heavy atom. The first-order valence-corrected chi connectivity index (χ1v) is 9.00. The summed E-state index contributed by atoms with van der Waals surface area (Å²) in [6, 6.07) is 24.4. The van der Waals surface area contributed by atoms with Crippen LogP contribution in [0.25, 0.3) is 0 Å². The van der Waals surface area contributed by atoms with E-state index in [1.165, 1.54) is 0 Å². The summed E-state index contributed by atoms with van der Waals surface area (Å²) in [6.45, 7) is 0. The summed E-state index contributed by atoms with van der Waals surface area (Å²) in [5.41, 5.74) is 0.986. The minimum atomic E-state index is -2.05. The molecule has 1 aliphatic rings. The van der Waals surface area contributed by atoms with E-state index in [0.29, 0.717) is 16.9 Å². The number of benzene rings is 3. The highest BCUT2D eigenvalue weighted by molar-refractivity contribution is 6.56. The summed E-state index contributed by atoms with van der Waals surface area (Å²) in [5.74, 6) is -1.59. The number of halogens is 1. The van der Waals surface area contributed by atoms with Gasteiger partial charge in [-0.25, -0.2) is 14.6 Å². The summed E-state index contributed by atoms with van der Waals surface area (Å²) in [7, 11) is 0. The molecule has 1 fully saturated rings. The van der Waals surface area contributed by atoms with Crippen LogP contribution >= 0.6 is 11.6 Å². The van der Waals surface area contributed by atoms with Gasteiger partial charge >= 0.3 is 6.03 Å². The first-order chi connectivity index (χ1) is 13.5. The largest absolute Gasteiger partial charge is 0.342 e. The van der Waals surface area contributed by atoms with Crippen molar-refractivity contribution >= 4 is 40.8 Å². The monoisotopic (exact) mass is 390 g/mol. The average Bonchev–Trinajstić information content (AvgIpc) is 2.74. The number of alkyl halides is 1. The van der Waals surface area contributed by atoms with E-state index in [4.69, 9.17) is 11.6 Å². The van der Waals surface area contributed by atoms with E-state index in [-0.39, 0.29) is 0 Å². The third-order valence-electron chi connectivity index (χ3n) is 4.58. The predicted octanol–water partition coefficient (Wildman–Crippen LogP) is 4.32. The molecule has 0 N–H and O–H groups in total. The summed E-state index contributed by atoms with van der Waals surface area (Å²) in [6.07, 6.45) is 0. The van der Waals surface area contributed by atoms with Gasteiger partial charge in [0.15, 0.2) is 0 Å². The molecule has 6 heteroatoms. The van der Waals surface area contributed by atoms with Crippen molar-refractivity contribution < 1.29 is 14.4 Å². The van der Waals surface area contributed by atoms with Gasteiger partial charge in [-0.3, -0.25) is 9.59 Å². The van der Waals surface area contributed by atoms with E-state index in [2.05, 4.69) is 0 Å². The van der Waals surface area contributed by atoms with Crippen molar-refractivity contribution in [2.45, 2.75) is 4.87 Å². The molecule has 0 aliphatic carbocycles. The Labute approximate surface area is 166 Å². The minimum Gasteiger partial charge on any atom is -0.271 e. The van der Waals surface area contributed by atoms with Crippen molar-refractivity contribution in [3.05, 3.63) is 96.6 Å². The molecule has 0 unspecified atom stereocenters. The van der Waals surface area contributed by atoms with Gasteiger partial charge in [-0.05, 0) is 29.8 Å². The Morgan fingerprint density at radius 3 is 1.32 bits per heavy atom. The molecule has 1 saturated heterocycles. The molecule has 0 saturated carbocycles. The number of anilines is 2. The number of carbonyl (C=O) groups excluding carboxylic acids is 3. The molecule has 4 amide bonds. The van der Waals surface area contributed by atoms with Crippen LogP contribution < -0.4 is 9.80 Å². The first kappa shape index (κ1) is 17.9. The fraction of sp³-hybridized carbons (Fsp3) is 0.0455. The maximum atomic E-state index is 13.4. The molecule has 3 aromatic carbocycles. The van der Waals surface area contributed by atoms with E-state index in [1.54, 1.807) is 91.0 Å². The number of nitrogens with zero attached hydrogens (tertiary/aromatic N) is 2. The zero-order valence-corrected chi connectivity index (χ0v) is 15.4. The van der Waals surface area contributed by atoms with Crippen LogP contribution in [0.2, 0.25) is 0 Å². The topological polar surface area (TPSA) is 57.7 Å². The maximum absolute atomic E-state index is 13.4. The Hall–Kier alpha value is -3.44. The number of carbonyl (C=O) groups is 3. The quantitative estimate of drug-likeness (QED) is 0.494. The van der Waals surface area contributed by atoms with Crippen LogP contribution in [0.1, 0.15) is 5.56 Å². The molecule has 28 heavy (non-hydrogen) atoms. The van der Waals surface area contributed by atoms with Crippen molar-refractivity contribution in [3.8, 4) is 0 Å². The predicted molar refractivity (Wildman–Crippen MR) is 107 cm³/mol. The molecule has 0 bridgehead atoms. The molecule has 5 nitrogen and oxygen atoms in total. The second-order valence-corrected chi connectivity index (χ2v) is 6.83. The van der Waals surface area contributed by atoms with Gasteiger partial charge in [-0.2, -0.15) is 0 Å². The SMILES string of the molecule is O=C1N(c2ccccc2)C(=O)C(Cl)(c2ccccc2)C(=O)N1c1ccccc1. The summed E-state index contributed by atoms with van der Waals surface area (Å²) < 4.78 is 0. The molecule has 1 aliphatic heterocycles. The maximum Gasteiger partial charge on any atom is 0.342 e. The van der Waals surface area contributed by atoms with Crippen LogP contribution in [0, 0.1) is 0 Å². The first-order valence-electron chi connectivity index (χ1n) is 8.63. The number of hydrogen-bond acceptors (Lipinski definition) is 3. The van der Waals surface area contributed by atoms with Crippen LogP contribution in [0.3, 0.4) is 0 Å². The normalized spacial score (nSPS) is 16.4. The molecule has 138 valence electrons. The minimum absolute atomic E-state index is 0.307. The third kappa shape index (κ3) is 2.68. The van der Waals surface area contributed by atoms with Crippen molar-refractivity contribution in [1.29, 1.82) is 0 Å². The van der Waals surface area contributed by atoms with Gasteiger partial charge in [-0.1, -0.05) is 78.3 Å². The molecular weight excluding hydrogens is 376 g/mol. The smallest absolute Gasteiger partial charge is 0.271 e. The Kier molecular flexibility index (Phi) is 4.45. The molecule has 4 rings (SSSR count).